The van der Waals surface area contributed by atoms with Crippen LogP contribution in [0.25, 0.3) is 0 Å². The zero-order valence-corrected chi connectivity index (χ0v) is 26.8. The Labute approximate surface area is 261 Å². The molecule has 43 heavy (non-hydrogen) atoms. The van der Waals surface area contributed by atoms with Gasteiger partial charge in [0.05, 0.1) is 41.5 Å². The molecule has 7 atom stereocenters. The molecule has 1 N–H and O–H groups in total. The lowest BCUT2D eigenvalue weighted by Crippen LogP contribution is -2.60. The lowest BCUT2D eigenvalue weighted by molar-refractivity contribution is -0.162. The lowest BCUT2D eigenvalue weighted by Gasteiger charge is -2.41. The number of halogens is 1. The van der Waals surface area contributed by atoms with Crippen molar-refractivity contribution < 1.29 is 29.0 Å². The van der Waals surface area contributed by atoms with Crippen LogP contribution in [0.3, 0.4) is 0 Å². The van der Waals surface area contributed by atoms with Gasteiger partial charge in [-0.1, -0.05) is 63.1 Å². The number of unbranched alkanes of at least 4 members (excludes halogenated alkanes) is 2. The molecule has 1 aromatic rings. The van der Waals surface area contributed by atoms with Gasteiger partial charge in [0.25, 0.3) is 5.91 Å². The number of carbonyl (C=O) groups excluding carboxylic acids is 3. The molecule has 3 aliphatic heterocycles. The van der Waals surface area contributed by atoms with E-state index in [1.54, 1.807) is 21.9 Å². The number of hydrogen-bond donors (Lipinski definition) is 1. The third-order valence-electron chi connectivity index (χ3n) is 10.0. The number of para-hydroxylation sites is 1. The first-order valence-corrected chi connectivity index (χ1v) is 16.0. The van der Waals surface area contributed by atoms with E-state index in [4.69, 9.17) is 21.1 Å². The second-order valence-corrected chi connectivity index (χ2v) is 12.7. The SMILES string of the molecule is C=CCCCCOC(=O)[C@H]1[C@H]2C(=O)N([C@@H](CO)[C@@H](C)CC)C(C(=O)N(CC=C)c3c(C)cccc3Cl)C23CC[C@]1(CC)O3. The Morgan fingerprint density at radius 3 is 2.60 bits per heavy atom. The van der Waals surface area contributed by atoms with Gasteiger partial charge >= 0.3 is 5.97 Å². The molecular formula is C34H47ClN2O6. The Hall–Kier alpha value is -2.68. The highest BCUT2D eigenvalue weighted by Gasteiger charge is 2.79. The molecule has 3 aliphatic rings. The van der Waals surface area contributed by atoms with Crippen LogP contribution in [0.15, 0.2) is 43.5 Å². The van der Waals surface area contributed by atoms with Gasteiger partial charge in [0.1, 0.15) is 17.6 Å². The zero-order chi connectivity index (χ0) is 31.5. The van der Waals surface area contributed by atoms with Gasteiger partial charge in [0.15, 0.2) is 0 Å². The van der Waals surface area contributed by atoms with E-state index in [1.165, 1.54) is 0 Å². The van der Waals surface area contributed by atoms with Crippen molar-refractivity contribution in [1.29, 1.82) is 0 Å². The number of rotatable bonds is 15. The van der Waals surface area contributed by atoms with Gasteiger partial charge < -0.3 is 24.4 Å². The van der Waals surface area contributed by atoms with Crippen LogP contribution in [0, 0.1) is 24.7 Å². The summed E-state index contributed by atoms with van der Waals surface area (Å²) < 4.78 is 12.7. The summed E-state index contributed by atoms with van der Waals surface area (Å²) in [6.45, 7) is 15.5. The number of benzene rings is 1. The fourth-order valence-corrected chi connectivity index (χ4v) is 7.98. The van der Waals surface area contributed by atoms with Gasteiger partial charge in [-0.25, -0.2) is 0 Å². The number of aliphatic hydroxyl groups is 1. The number of allylic oxidation sites excluding steroid dienone is 1. The maximum Gasteiger partial charge on any atom is 0.312 e. The van der Waals surface area contributed by atoms with E-state index in [0.29, 0.717) is 42.8 Å². The summed E-state index contributed by atoms with van der Waals surface area (Å²) in [6, 6.07) is 3.73. The average molecular weight is 615 g/mol. The number of ether oxygens (including phenoxy) is 2. The molecular weight excluding hydrogens is 568 g/mol. The molecule has 0 saturated carbocycles. The van der Waals surface area contributed by atoms with Crippen LogP contribution in [-0.2, 0) is 23.9 Å². The molecule has 4 rings (SSSR count). The molecule has 1 spiro atoms. The second kappa shape index (κ2) is 13.5. The highest BCUT2D eigenvalue weighted by Crippen LogP contribution is 2.65. The summed E-state index contributed by atoms with van der Waals surface area (Å²) in [4.78, 5) is 46.5. The number of fused-ring (bicyclic) bond motifs is 1. The normalized spacial score (nSPS) is 28.8. The summed E-state index contributed by atoms with van der Waals surface area (Å²) in [5, 5.41) is 11.0. The van der Waals surface area contributed by atoms with Crippen LogP contribution in [0.1, 0.15) is 71.3 Å². The van der Waals surface area contributed by atoms with Crippen molar-refractivity contribution >= 4 is 35.1 Å². The molecule has 3 heterocycles. The number of esters is 1. The number of carbonyl (C=O) groups is 3. The second-order valence-electron chi connectivity index (χ2n) is 12.3. The standard InChI is InChI=1S/C34H47ClN2O6/c1-7-11-12-13-20-42-32(41)27-26-30(39)37(25(21-38)22(5)9-3)29(34(26)18-17-33(27,10-4)43-34)31(40)36(19-8-2)28-23(6)15-14-16-24(28)35/h7-8,14-16,22,25-27,29,38H,1-2,9-13,17-21H2,3-6H3/t22-,25-,26-,27+,29?,33-,34?/m0/s1. The first kappa shape index (κ1) is 33.2. The Kier molecular flexibility index (Phi) is 10.5. The van der Waals surface area contributed by atoms with Gasteiger partial charge in [0, 0.05) is 6.54 Å². The minimum atomic E-state index is -1.24. The Bertz CT molecular complexity index is 1220. The fraction of sp³-hybridized carbons (Fsp3) is 0.618. The van der Waals surface area contributed by atoms with Gasteiger partial charge in [-0.3, -0.25) is 14.4 Å². The third-order valence-corrected chi connectivity index (χ3v) is 10.3. The van der Waals surface area contributed by atoms with Crippen molar-refractivity contribution in [1.82, 2.24) is 4.90 Å². The topological polar surface area (TPSA) is 96.4 Å². The van der Waals surface area contributed by atoms with Crippen LogP contribution in [0.4, 0.5) is 5.69 Å². The predicted molar refractivity (Wildman–Crippen MR) is 168 cm³/mol. The Morgan fingerprint density at radius 1 is 1.26 bits per heavy atom. The monoisotopic (exact) mass is 614 g/mol. The van der Waals surface area contributed by atoms with Crippen molar-refractivity contribution in [2.45, 2.75) is 95.9 Å². The van der Waals surface area contributed by atoms with Gasteiger partial charge in [0.2, 0.25) is 5.91 Å². The highest BCUT2D eigenvalue weighted by molar-refractivity contribution is 6.34. The van der Waals surface area contributed by atoms with E-state index in [2.05, 4.69) is 13.2 Å². The molecule has 3 fully saturated rings. The van der Waals surface area contributed by atoms with Crippen LogP contribution in [0.2, 0.25) is 5.02 Å². The fourth-order valence-electron chi connectivity index (χ4n) is 7.65. The largest absolute Gasteiger partial charge is 0.465 e. The van der Waals surface area contributed by atoms with E-state index in [9.17, 15) is 19.5 Å². The van der Waals surface area contributed by atoms with E-state index in [-0.39, 0.29) is 37.5 Å². The maximum absolute atomic E-state index is 14.9. The van der Waals surface area contributed by atoms with Gasteiger partial charge in [-0.15, -0.1) is 13.2 Å². The summed E-state index contributed by atoms with van der Waals surface area (Å²) in [7, 11) is 0. The molecule has 2 unspecified atom stereocenters. The molecule has 0 aromatic heterocycles. The molecule has 1 aromatic carbocycles. The average Bonchev–Trinajstić information content (AvgIpc) is 3.60. The van der Waals surface area contributed by atoms with E-state index >= 15 is 0 Å². The van der Waals surface area contributed by atoms with Crippen LogP contribution >= 0.6 is 11.6 Å². The summed E-state index contributed by atoms with van der Waals surface area (Å²) in [5.41, 5.74) is -0.810. The molecule has 2 amide bonds. The smallest absolute Gasteiger partial charge is 0.312 e. The number of aryl methyl sites for hydroxylation is 1. The van der Waals surface area contributed by atoms with Crippen LogP contribution in [0.5, 0.6) is 0 Å². The van der Waals surface area contributed by atoms with Crippen molar-refractivity contribution in [3.05, 3.63) is 54.1 Å². The van der Waals surface area contributed by atoms with E-state index in [1.807, 2.05) is 45.9 Å². The zero-order valence-electron chi connectivity index (χ0n) is 26.0. The first-order valence-electron chi connectivity index (χ1n) is 15.7. The predicted octanol–water partition coefficient (Wildman–Crippen LogP) is 5.63. The first-order chi connectivity index (χ1) is 20.6. The number of amides is 2. The van der Waals surface area contributed by atoms with Gasteiger partial charge in [-0.2, -0.15) is 0 Å². The molecule has 0 aliphatic carbocycles. The number of hydrogen-bond acceptors (Lipinski definition) is 6. The van der Waals surface area contributed by atoms with Crippen molar-refractivity contribution in [2.24, 2.45) is 17.8 Å². The lowest BCUT2D eigenvalue weighted by atomic mass is 9.65. The minimum absolute atomic E-state index is 0.109. The Balaban J connectivity index is 1.83. The molecule has 2 bridgehead atoms. The molecule has 236 valence electrons. The molecule has 9 heteroatoms. The van der Waals surface area contributed by atoms with Crippen LogP contribution < -0.4 is 4.90 Å². The van der Waals surface area contributed by atoms with E-state index in [0.717, 1.165) is 18.4 Å². The number of likely N-dealkylation sites (tertiary alicyclic amines) is 1. The number of anilines is 1. The molecule has 0 radical (unpaired) electrons. The minimum Gasteiger partial charge on any atom is -0.465 e. The third kappa shape index (κ3) is 5.55. The molecule has 8 nitrogen and oxygen atoms in total. The summed E-state index contributed by atoms with van der Waals surface area (Å²) in [5.74, 6) is -3.00. The summed E-state index contributed by atoms with van der Waals surface area (Å²) in [6.07, 6.45) is 7.98. The quantitative estimate of drug-likeness (QED) is 0.156. The van der Waals surface area contributed by atoms with E-state index < -0.39 is 41.1 Å². The highest BCUT2D eigenvalue weighted by atomic mass is 35.5. The molecule has 3 saturated heterocycles. The maximum atomic E-state index is 14.9. The van der Waals surface area contributed by atoms with Gasteiger partial charge in [-0.05, 0) is 63.0 Å². The number of aliphatic hydroxyl groups excluding tert-OH is 1. The summed E-state index contributed by atoms with van der Waals surface area (Å²) >= 11 is 6.67. The Morgan fingerprint density at radius 2 is 2.00 bits per heavy atom. The number of nitrogens with zero attached hydrogens (tertiary/aromatic N) is 2. The van der Waals surface area contributed by atoms with Crippen LogP contribution in [-0.4, -0.2) is 70.8 Å². The van der Waals surface area contributed by atoms with Crippen molar-refractivity contribution in [2.75, 3.05) is 24.7 Å². The van der Waals surface area contributed by atoms with Crippen molar-refractivity contribution in [3.63, 3.8) is 0 Å². The van der Waals surface area contributed by atoms with Crippen molar-refractivity contribution in [3.8, 4) is 0 Å².